The maximum Gasteiger partial charge on any atom is 0.318 e. The van der Waals surface area contributed by atoms with Crippen molar-refractivity contribution in [2.75, 3.05) is 26.9 Å². The molecule has 0 aromatic carbocycles. The van der Waals surface area contributed by atoms with Crippen molar-refractivity contribution in [3.8, 4) is 0 Å². The molecule has 2 N–H and O–H groups in total. The highest BCUT2D eigenvalue weighted by Crippen LogP contribution is 2.22. The van der Waals surface area contributed by atoms with Crippen LogP contribution >= 0.6 is 0 Å². The van der Waals surface area contributed by atoms with Gasteiger partial charge in [-0.3, -0.25) is 0 Å². The zero-order valence-electron chi connectivity index (χ0n) is 13.4. The highest BCUT2D eigenvalue weighted by Gasteiger charge is 2.28. The maximum absolute atomic E-state index is 12.6. The molecule has 0 spiro atoms. The lowest BCUT2D eigenvalue weighted by Gasteiger charge is -2.36. The van der Waals surface area contributed by atoms with Crippen LogP contribution in [0, 0.1) is 6.92 Å². The van der Waals surface area contributed by atoms with Gasteiger partial charge in [-0.25, -0.2) is 4.79 Å². The van der Waals surface area contributed by atoms with Gasteiger partial charge >= 0.3 is 6.03 Å². The predicted molar refractivity (Wildman–Crippen MR) is 82.6 cm³/mol. The van der Waals surface area contributed by atoms with E-state index in [-0.39, 0.29) is 24.7 Å². The molecule has 0 aliphatic carbocycles. The van der Waals surface area contributed by atoms with Gasteiger partial charge in [0.2, 0.25) is 0 Å². The summed E-state index contributed by atoms with van der Waals surface area (Å²) in [5, 5.41) is 12.2. The Morgan fingerprint density at radius 3 is 3.00 bits per heavy atom. The molecule has 0 bridgehead atoms. The maximum atomic E-state index is 12.6. The number of furan rings is 1. The van der Waals surface area contributed by atoms with Crippen LogP contribution in [0.25, 0.3) is 0 Å². The molecule has 6 heteroatoms. The first-order chi connectivity index (χ1) is 10.7. The zero-order chi connectivity index (χ0) is 15.9. The van der Waals surface area contributed by atoms with E-state index in [4.69, 9.17) is 9.15 Å². The Labute approximate surface area is 131 Å². The van der Waals surface area contributed by atoms with Crippen molar-refractivity contribution in [3.05, 3.63) is 23.7 Å². The topological polar surface area (TPSA) is 74.9 Å². The quantitative estimate of drug-likeness (QED) is 0.845. The molecule has 1 saturated heterocycles. The molecule has 0 radical (unpaired) electrons. The van der Waals surface area contributed by atoms with E-state index >= 15 is 0 Å². The van der Waals surface area contributed by atoms with Crippen molar-refractivity contribution in [2.45, 2.75) is 44.7 Å². The number of aliphatic hydroxyl groups excluding tert-OH is 1. The number of aliphatic hydroxyl groups is 1. The number of likely N-dealkylation sites (tertiary alicyclic amines) is 1. The molecule has 0 saturated carbocycles. The van der Waals surface area contributed by atoms with Crippen molar-refractivity contribution in [1.29, 1.82) is 0 Å². The van der Waals surface area contributed by atoms with Gasteiger partial charge in [0.1, 0.15) is 17.6 Å². The number of rotatable bonds is 6. The van der Waals surface area contributed by atoms with Crippen molar-refractivity contribution < 1.29 is 19.1 Å². The molecule has 2 atom stereocenters. The van der Waals surface area contributed by atoms with E-state index in [1.165, 1.54) is 0 Å². The summed E-state index contributed by atoms with van der Waals surface area (Å²) >= 11 is 0. The Hall–Kier alpha value is -1.53. The number of hydrogen-bond acceptors (Lipinski definition) is 4. The fourth-order valence-corrected chi connectivity index (χ4v) is 2.95. The Morgan fingerprint density at radius 2 is 2.36 bits per heavy atom. The number of urea groups is 1. The molecule has 22 heavy (non-hydrogen) atoms. The molecule has 6 nitrogen and oxygen atoms in total. The van der Waals surface area contributed by atoms with Crippen LogP contribution in [0.5, 0.6) is 0 Å². The summed E-state index contributed by atoms with van der Waals surface area (Å²) in [6.45, 7) is 3.06. The van der Waals surface area contributed by atoms with Gasteiger partial charge in [0, 0.05) is 26.3 Å². The Bertz CT molecular complexity index is 472. The van der Waals surface area contributed by atoms with E-state index in [2.05, 4.69) is 5.32 Å². The lowest BCUT2D eigenvalue weighted by molar-refractivity contribution is 0.116. The first-order valence-electron chi connectivity index (χ1n) is 7.89. The number of piperidine rings is 1. The molecular weight excluding hydrogens is 284 g/mol. The van der Waals surface area contributed by atoms with E-state index in [1.807, 2.05) is 24.0 Å². The van der Waals surface area contributed by atoms with E-state index in [0.717, 1.165) is 31.6 Å². The van der Waals surface area contributed by atoms with Crippen LogP contribution in [0.2, 0.25) is 0 Å². The second-order valence-corrected chi connectivity index (χ2v) is 5.76. The van der Waals surface area contributed by atoms with Gasteiger partial charge in [-0.1, -0.05) is 0 Å². The van der Waals surface area contributed by atoms with Crippen LogP contribution in [0.15, 0.2) is 16.5 Å². The van der Waals surface area contributed by atoms with Gasteiger partial charge in [-0.15, -0.1) is 0 Å². The number of nitrogens with zero attached hydrogens (tertiary/aromatic N) is 1. The Kier molecular flexibility index (Phi) is 6.27. The lowest BCUT2D eigenvalue weighted by atomic mass is 10.00. The highest BCUT2D eigenvalue weighted by atomic mass is 16.5. The van der Waals surface area contributed by atoms with Gasteiger partial charge in [-0.2, -0.15) is 0 Å². The van der Waals surface area contributed by atoms with Crippen LogP contribution in [0.3, 0.4) is 0 Å². The molecule has 1 aliphatic rings. The number of amides is 2. The lowest BCUT2D eigenvalue weighted by Crippen LogP contribution is -2.50. The minimum absolute atomic E-state index is 0.104. The average Bonchev–Trinajstić information content (AvgIpc) is 2.94. The summed E-state index contributed by atoms with van der Waals surface area (Å²) in [7, 11) is 1.60. The fourth-order valence-electron chi connectivity index (χ4n) is 2.95. The van der Waals surface area contributed by atoms with Crippen molar-refractivity contribution >= 4 is 6.03 Å². The van der Waals surface area contributed by atoms with Crippen LogP contribution in [0.1, 0.15) is 43.2 Å². The molecule has 2 heterocycles. The Morgan fingerprint density at radius 1 is 1.55 bits per heavy atom. The molecule has 2 unspecified atom stereocenters. The summed E-state index contributed by atoms with van der Waals surface area (Å²) in [6, 6.07) is 3.43. The number of methoxy groups -OCH3 is 1. The SMILES string of the molecule is COCC(NC(=O)N1CCCCC1CCO)c1ccc(C)o1. The highest BCUT2D eigenvalue weighted by molar-refractivity contribution is 5.75. The molecule has 2 rings (SSSR count). The second kappa shape index (κ2) is 8.19. The number of ether oxygens (including phenoxy) is 1. The van der Waals surface area contributed by atoms with Gasteiger partial charge in [0.15, 0.2) is 0 Å². The third-order valence-electron chi connectivity index (χ3n) is 4.09. The van der Waals surface area contributed by atoms with Gasteiger partial charge < -0.3 is 24.5 Å². The molecule has 1 aliphatic heterocycles. The summed E-state index contributed by atoms with van der Waals surface area (Å²) in [4.78, 5) is 14.4. The first kappa shape index (κ1) is 16.8. The monoisotopic (exact) mass is 310 g/mol. The number of nitrogens with one attached hydrogen (secondary N) is 1. The molecule has 124 valence electrons. The third-order valence-corrected chi connectivity index (χ3v) is 4.09. The molecule has 1 aromatic heterocycles. The van der Waals surface area contributed by atoms with E-state index in [9.17, 15) is 9.90 Å². The minimum Gasteiger partial charge on any atom is -0.464 e. The normalized spacial score (nSPS) is 20.0. The smallest absolute Gasteiger partial charge is 0.318 e. The van der Waals surface area contributed by atoms with Crippen LogP contribution in [0.4, 0.5) is 4.79 Å². The van der Waals surface area contributed by atoms with Crippen molar-refractivity contribution in [3.63, 3.8) is 0 Å². The minimum atomic E-state index is -0.303. The number of aryl methyl sites for hydroxylation is 1. The van der Waals surface area contributed by atoms with Gasteiger partial charge in [0.05, 0.1) is 6.61 Å². The fraction of sp³-hybridized carbons (Fsp3) is 0.688. The standard InChI is InChI=1S/C16H26N2O4/c1-12-6-7-15(22-12)14(11-21-2)17-16(20)18-9-4-3-5-13(18)8-10-19/h6-7,13-14,19H,3-5,8-11H2,1-2H3,(H,17,20). The van der Waals surface area contributed by atoms with E-state index in [0.29, 0.717) is 18.8 Å². The Balaban J connectivity index is 2.03. The summed E-state index contributed by atoms with van der Waals surface area (Å²) < 4.78 is 10.8. The second-order valence-electron chi connectivity index (χ2n) is 5.76. The van der Waals surface area contributed by atoms with E-state index < -0.39 is 0 Å². The van der Waals surface area contributed by atoms with Gasteiger partial charge in [-0.05, 0) is 44.7 Å². The number of hydrogen-bond donors (Lipinski definition) is 2. The van der Waals surface area contributed by atoms with Crippen LogP contribution in [-0.2, 0) is 4.74 Å². The first-order valence-corrected chi connectivity index (χ1v) is 7.89. The largest absolute Gasteiger partial charge is 0.464 e. The van der Waals surface area contributed by atoms with Crippen LogP contribution in [-0.4, -0.2) is 48.9 Å². The number of carbonyl (C=O) groups excluding carboxylic acids is 1. The predicted octanol–water partition coefficient (Wildman–Crippen LogP) is 2.22. The molecule has 1 fully saturated rings. The van der Waals surface area contributed by atoms with Crippen molar-refractivity contribution in [1.82, 2.24) is 10.2 Å². The summed E-state index contributed by atoms with van der Waals surface area (Å²) in [5.41, 5.74) is 0. The van der Waals surface area contributed by atoms with Gasteiger partial charge in [0.25, 0.3) is 0 Å². The van der Waals surface area contributed by atoms with E-state index in [1.54, 1.807) is 7.11 Å². The van der Waals surface area contributed by atoms with Crippen LogP contribution < -0.4 is 5.32 Å². The number of carbonyl (C=O) groups is 1. The molecular formula is C16H26N2O4. The average molecular weight is 310 g/mol. The zero-order valence-corrected chi connectivity index (χ0v) is 13.4. The van der Waals surface area contributed by atoms with Crippen molar-refractivity contribution in [2.24, 2.45) is 0 Å². The molecule has 2 amide bonds. The summed E-state index contributed by atoms with van der Waals surface area (Å²) in [5.74, 6) is 1.50. The third kappa shape index (κ3) is 4.24. The molecule has 1 aromatic rings. The summed E-state index contributed by atoms with van der Waals surface area (Å²) in [6.07, 6.45) is 3.68.